The molecule has 0 rings (SSSR count). The lowest BCUT2D eigenvalue weighted by Crippen LogP contribution is -2.15. The minimum Gasteiger partial charge on any atom is -0.0950 e. The summed E-state index contributed by atoms with van der Waals surface area (Å²) in [6.07, 6.45) is 8.39. The van der Waals surface area contributed by atoms with Crippen LogP contribution in [-0.2, 0) is 0 Å². The molecule has 0 atom stereocenters. The summed E-state index contributed by atoms with van der Waals surface area (Å²) >= 11 is 0. The minimum atomic E-state index is -0.980. The molecule has 0 aromatic rings. The van der Waals surface area contributed by atoms with E-state index in [0.29, 0.717) is 0 Å². The van der Waals surface area contributed by atoms with Gasteiger partial charge in [-0.25, -0.2) is 0 Å². The fraction of sp³-hybridized carbons (Fsp3) is 0.667. The Labute approximate surface area is 84.8 Å². The van der Waals surface area contributed by atoms with Crippen molar-refractivity contribution in [2.24, 2.45) is 0 Å². The summed E-state index contributed by atoms with van der Waals surface area (Å²) in [6, 6.07) is 0. The molecular formula is C12H24Si. The average Bonchev–Trinajstić information content (AvgIpc) is 1.98. The molecule has 0 unspecified atom stereocenters. The first-order valence-corrected chi connectivity index (χ1v) is 8.88. The number of rotatable bonds is 5. The SMILES string of the molecule is CCCC/C(C)=C\C=C\[Si](C)(C)C. The Bertz CT molecular complexity index is 182. The van der Waals surface area contributed by atoms with Gasteiger partial charge in [0.2, 0.25) is 0 Å². The van der Waals surface area contributed by atoms with Crippen LogP contribution in [0.3, 0.4) is 0 Å². The maximum Gasteiger partial charge on any atom is 0.0687 e. The second kappa shape index (κ2) is 6.20. The molecule has 0 aromatic carbocycles. The monoisotopic (exact) mass is 196 g/mol. The van der Waals surface area contributed by atoms with Crippen LogP contribution < -0.4 is 0 Å². The molecule has 0 spiro atoms. The third kappa shape index (κ3) is 9.61. The van der Waals surface area contributed by atoms with E-state index in [1.807, 2.05) is 0 Å². The van der Waals surface area contributed by atoms with Gasteiger partial charge in [0.05, 0.1) is 8.07 Å². The molecule has 0 aromatic heterocycles. The Morgan fingerprint density at radius 2 is 1.85 bits per heavy atom. The van der Waals surface area contributed by atoms with Crippen molar-refractivity contribution in [1.82, 2.24) is 0 Å². The van der Waals surface area contributed by atoms with E-state index in [4.69, 9.17) is 0 Å². The van der Waals surface area contributed by atoms with E-state index in [-0.39, 0.29) is 0 Å². The highest BCUT2D eigenvalue weighted by Gasteiger charge is 2.05. The Morgan fingerprint density at radius 1 is 1.23 bits per heavy atom. The van der Waals surface area contributed by atoms with Crippen molar-refractivity contribution in [2.75, 3.05) is 0 Å². The van der Waals surface area contributed by atoms with Crippen LogP contribution >= 0.6 is 0 Å². The van der Waals surface area contributed by atoms with Gasteiger partial charge in [0.25, 0.3) is 0 Å². The van der Waals surface area contributed by atoms with Gasteiger partial charge in [-0.05, 0) is 19.8 Å². The quantitative estimate of drug-likeness (QED) is 0.447. The van der Waals surface area contributed by atoms with Gasteiger partial charge < -0.3 is 0 Å². The van der Waals surface area contributed by atoms with E-state index in [0.717, 1.165) is 0 Å². The van der Waals surface area contributed by atoms with E-state index < -0.39 is 8.07 Å². The second-order valence-electron chi connectivity index (χ2n) is 4.84. The highest BCUT2D eigenvalue weighted by atomic mass is 28.3. The fourth-order valence-electron chi connectivity index (χ4n) is 1.04. The standard InChI is InChI=1S/C12H24Si/c1-6-7-9-12(2)10-8-11-13(3,4)5/h8,10-11H,6-7,9H2,1-5H3/b11-8+,12-10-. The molecule has 0 aliphatic carbocycles. The van der Waals surface area contributed by atoms with Gasteiger partial charge in [-0.1, -0.05) is 56.4 Å². The zero-order valence-corrected chi connectivity index (χ0v) is 10.9. The maximum atomic E-state index is 2.39. The van der Waals surface area contributed by atoms with Crippen molar-refractivity contribution in [1.29, 1.82) is 0 Å². The summed E-state index contributed by atoms with van der Waals surface area (Å²) in [7, 11) is -0.980. The summed E-state index contributed by atoms with van der Waals surface area (Å²) in [5.74, 6) is 0. The fourth-order valence-corrected chi connectivity index (χ4v) is 1.71. The minimum absolute atomic E-state index is 0.980. The van der Waals surface area contributed by atoms with Crippen LogP contribution in [0.25, 0.3) is 0 Å². The van der Waals surface area contributed by atoms with Gasteiger partial charge in [-0.3, -0.25) is 0 Å². The van der Waals surface area contributed by atoms with E-state index in [1.165, 1.54) is 24.8 Å². The summed E-state index contributed by atoms with van der Waals surface area (Å²) in [4.78, 5) is 0. The second-order valence-corrected chi connectivity index (χ2v) is 9.91. The Balaban J connectivity index is 3.89. The molecule has 0 fully saturated rings. The van der Waals surface area contributed by atoms with E-state index in [9.17, 15) is 0 Å². The first kappa shape index (κ1) is 12.7. The van der Waals surface area contributed by atoms with Gasteiger partial charge in [0.15, 0.2) is 0 Å². The third-order valence-electron chi connectivity index (χ3n) is 1.90. The van der Waals surface area contributed by atoms with Gasteiger partial charge >= 0.3 is 0 Å². The van der Waals surface area contributed by atoms with Gasteiger partial charge in [0.1, 0.15) is 0 Å². The Morgan fingerprint density at radius 3 is 2.31 bits per heavy atom. The molecule has 0 N–H and O–H groups in total. The molecule has 76 valence electrons. The van der Waals surface area contributed by atoms with Crippen LogP contribution in [0.5, 0.6) is 0 Å². The average molecular weight is 196 g/mol. The van der Waals surface area contributed by atoms with Gasteiger partial charge in [0, 0.05) is 0 Å². The molecule has 0 heterocycles. The first-order valence-electron chi connectivity index (χ1n) is 5.30. The van der Waals surface area contributed by atoms with Crippen LogP contribution in [0.15, 0.2) is 23.4 Å². The maximum absolute atomic E-state index is 2.39. The number of allylic oxidation sites excluding steroid dienone is 3. The highest BCUT2D eigenvalue weighted by Crippen LogP contribution is 2.07. The normalized spacial score (nSPS) is 14.1. The van der Waals surface area contributed by atoms with Crippen LogP contribution in [0.1, 0.15) is 33.1 Å². The molecule has 0 aliphatic heterocycles. The molecule has 0 nitrogen and oxygen atoms in total. The summed E-state index contributed by atoms with van der Waals surface area (Å²) in [5.41, 5.74) is 3.90. The highest BCUT2D eigenvalue weighted by molar-refractivity contribution is 6.80. The first-order chi connectivity index (χ1) is 5.95. The number of hydrogen-bond donors (Lipinski definition) is 0. The van der Waals surface area contributed by atoms with E-state index in [1.54, 1.807) is 0 Å². The molecule has 1 heteroatoms. The lowest BCUT2D eigenvalue weighted by atomic mass is 10.1. The summed E-state index contributed by atoms with van der Waals surface area (Å²) in [6.45, 7) is 11.5. The number of hydrogen-bond acceptors (Lipinski definition) is 0. The molecule has 13 heavy (non-hydrogen) atoms. The van der Waals surface area contributed by atoms with E-state index >= 15 is 0 Å². The van der Waals surface area contributed by atoms with Gasteiger partial charge in [-0.2, -0.15) is 0 Å². The number of unbranched alkanes of at least 4 members (excludes halogenated alkanes) is 1. The van der Waals surface area contributed by atoms with Crippen molar-refractivity contribution in [3.8, 4) is 0 Å². The molecule has 0 saturated heterocycles. The van der Waals surface area contributed by atoms with Crippen molar-refractivity contribution < 1.29 is 0 Å². The van der Waals surface area contributed by atoms with Crippen LogP contribution in [0, 0.1) is 0 Å². The summed E-state index contributed by atoms with van der Waals surface area (Å²) in [5, 5.41) is 0. The molecule has 0 bridgehead atoms. The Kier molecular flexibility index (Phi) is 6.05. The van der Waals surface area contributed by atoms with Crippen LogP contribution in [0.4, 0.5) is 0 Å². The zero-order valence-electron chi connectivity index (χ0n) is 9.85. The smallest absolute Gasteiger partial charge is 0.0687 e. The lowest BCUT2D eigenvalue weighted by molar-refractivity contribution is 0.787. The lowest BCUT2D eigenvalue weighted by Gasteiger charge is -2.07. The predicted molar refractivity (Wildman–Crippen MR) is 65.8 cm³/mol. The Hall–Kier alpha value is -0.303. The largest absolute Gasteiger partial charge is 0.0950 e. The van der Waals surface area contributed by atoms with Crippen molar-refractivity contribution in [3.63, 3.8) is 0 Å². The van der Waals surface area contributed by atoms with Crippen LogP contribution in [-0.4, -0.2) is 8.07 Å². The predicted octanol–water partition coefficient (Wildman–Crippen LogP) is 4.56. The topological polar surface area (TPSA) is 0 Å². The van der Waals surface area contributed by atoms with Crippen molar-refractivity contribution in [2.45, 2.75) is 52.8 Å². The summed E-state index contributed by atoms with van der Waals surface area (Å²) < 4.78 is 0. The van der Waals surface area contributed by atoms with E-state index in [2.05, 4.69) is 51.3 Å². The molecular weight excluding hydrogens is 172 g/mol. The van der Waals surface area contributed by atoms with Gasteiger partial charge in [-0.15, -0.1) is 0 Å². The van der Waals surface area contributed by atoms with Crippen LogP contribution in [0.2, 0.25) is 19.6 Å². The zero-order chi connectivity index (χ0) is 10.3. The van der Waals surface area contributed by atoms with Crippen molar-refractivity contribution in [3.05, 3.63) is 23.4 Å². The van der Waals surface area contributed by atoms with Crippen molar-refractivity contribution >= 4 is 8.07 Å². The molecule has 0 saturated carbocycles. The molecule has 0 radical (unpaired) electrons. The third-order valence-corrected chi connectivity index (χ3v) is 3.09. The molecule has 0 amide bonds. The molecule has 0 aliphatic rings.